The Morgan fingerprint density at radius 3 is 2.00 bits per heavy atom. The van der Waals surface area contributed by atoms with E-state index in [9.17, 15) is 21.2 Å². The van der Waals surface area contributed by atoms with Gasteiger partial charge in [0.05, 0.1) is 21.5 Å². The van der Waals surface area contributed by atoms with Crippen molar-refractivity contribution in [3.05, 3.63) is 89.7 Å². The summed E-state index contributed by atoms with van der Waals surface area (Å²) in [4.78, 5) is -0.233. The Morgan fingerprint density at radius 2 is 1.41 bits per heavy atom. The number of nitrogens with one attached hydrogen (secondary N) is 1. The zero-order valence-corrected chi connectivity index (χ0v) is 17.5. The van der Waals surface area contributed by atoms with E-state index in [0.717, 1.165) is 24.1 Å². The molecule has 5 nitrogen and oxygen atoms in total. The Balaban J connectivity index is 2.15. The zero-order chi connectivity index (χ0) is 21.2. The Kier molecular flexibility index (Phi) is 5.77. The molecule has 1 N–H and O–H groups in total. The number of sulfone groups is 2. The predicted molar refractivity (Wildman–Crippen MR) is 111 cm³/mol. The van der Waals surface area contributed by atoms with Crippen molar-refractivity contribution in [2.45, 2.75) is 15.8 Å². The Morgan fingerprint density at radius 1 is 0.759 bits per heavy atom. The smallest absolute Gasteiger partial charge is 0.177 e. The summed E-state index contributed by atoms with van der Waals surface area (Å²) in [6.45, 7) is 0. The SMILES string of the molecule is CS(=O)(=O)c1ccc(NC(c2ccccc2)c2cccc(F)c2)c(S(C)(=O)=O)c1. The van der Waals surface area contributed by atoms with E-state index in [0.29, 0.717) is 5.56 Å². The topological polar surface area (TPSA) is 80.3 Å². The van der Waals surface area contributed by atoms with Crippen molar-refractivity contribution < 1.29 is 21.2 Å². The standard InChI is InChI=1S/C21H20FNO4S2/c1-28(24,25)18-11-12-19(20(14-18)29(2,26)27)23-21(15-7-4-3-5-8-15)16-9-6-10-17(22)13-16/h3-14,21,23H,1-2H3. The quantitative estimate of drug-likeness (QED) is 0.639. The van der Waals surface area contributed by atoms with Gasteiger partial charge in [-0.05, 0) is 41.5 Å². The molecule has 1 atom stereocenters. The first-order valence-corrected chi connectivity index (χ1v) is 12.4. The molecule has 0 amide bonds. The molecule has 8 heteroatoms. The van der Waals surface area contributed by atoms with Gasteiger partial charge in [0.15, 0.2) is 19.7 Å². The van der Waals surface area contributed by atoms with E-state index >= 15 is 0 Å². The van der Waals surface area contributed by atoms with Crippen LogP contribution < -0.4 is 5.32 Å². The van der Waals surface area contributed by atoms with Crippen LogP contribution in [0.15, 0.2) is 82.6 Å². The predicted octanol–water partition coefficient (Wildman–Crippen LogP) is 3.83. The van der Waals surface area contributed by atoms with Gasteiger partial charge < -0.3 is 5.32 Å². The molecule has 0 aliphatic rings. The van der Waals surface area contributed by atoms with Crippen molar-refractivity contribution in [1.29, 1.82) is 0 Å². The van der Waals surface area contributed by atoms with E-state index in [2.05, 4.69) is 5.32 Å². The van der Waals surface area contributed by atoms with E-state index in [1.54, 1.807) is 12.1 Å². The molecule has 0 heterocycles. The lowest BCUT2D eigenvalue weighted by Crippen LogP contribution is -2.15. The molecule has 3 rings (SSSR count). The number of rotatable bonds is 6. The second kappa shape index (κ2) is 7.96. The maximum absolute atomic E-state index is 13.8. The molecule has 0 saturated carbocycles. The summed E-state index contributed by atoms with van der Waals surface area (Å²) in [6.07, 6.45) is 2.03. The van der Waals surface area contributed by atoms with Gasteiger partial charge in [-0.25, -0.2) is 21.2 Å². The van der Waals surface area contributed by atoms with Crippen LogP contribution in [0.2, 0.25) is 0 Å². The molecule has 152 valence electrons. The molecule has 0 saturated heterocycles. The van der Waals surface area contributed by atoms with Gasteiger partial charge in [0, 0.05) is 12.5 Å². The second-order valence-corrected chi connectivity index (χ2v) is 10.7. The van der Waals surface area contributed by atoms with Gasteiger partial charge >= 0.3 is 0 Å². The first-order chi connectivity index (χ1) is 13.6. The third kappa shape index (κ3) is 5.02. The lowest BCUT2D eigenvalue weighted by Gasteiger charge is -2.23. The summed E-state index contributed by atoms with van der Waals surface area (Å²) >= 11 is 0. The first kappa shape index (κ1) is 21.0. The average molecular weight is 434 g/mol. The normalized spacial score (nSPS) is 13.1. The highest BCUT2D eigenvalue weighted by Gasteiger charge is 2.22. The van der Waals surface area contributed by atoms with Crippen LogP contribution in [0.4, 0.5) is 10.1 Å². The number of benzene rings is 3. The average Bonchev–Trinajstić information content (AvgIpc) is 2.65. The summed E-state index contributed by atoms with van der Waals surface area (Å²) < 4.78 is 62.3. The Hall–Kier alpha value is -2.71. The Bertz CT molecular complexity index is 1240. The minimum atomic E-state index is -3.74. The van der Waals surface area contributed by atoms with Crippen LogP contribution in [-0.2, 0) is 19.7 Å². The van der Waals surface area contributed by atoms with Gasteiger partial charge in [-0.1, -0.05) is 42.5 Å². The molecule has 0 bridgehead atoms. The molecule has 3 aromatic carbocycles. The van der Waals surface area contributed by atoms with Gasteiger partial charge in [-0.3, -0.25) is 0 Å². The highest BCUT2D eigenvalue weighted by molar-refractivity contribution is 7.91. The van der Waals surface area contributed by atoms with Gasteiger partial charge in [0.1, 0.15) is 5.82 Å². The van der Waals surface area contributed by atoms with Crippen LogP contribution in [-0.4, -0.2) is 29.3 Å². The molecule has 0 aromatic heterocycles. The van der Waals surface area contributed by atoms with Crippen LogP contribution in [0.5, 0.6) is 0 Å². The maximum Gasteiger partial charge on any atom is 0.177 e. The van der Waals surface area contributed by atoms with Gasteiger partial charge in [0.25, 0.3) is 0 Å². The van der Waals surface area contributed by atoms with Crippen molar-refractivity contribution in [1.82, 2.24) is 0 Å². The van der Waals surface area contributed by atoms with Gasteiger partial charge in [-0.15, -0.1) is 0 Å². The van der Waals surface area contributed by atoms with E-state index < -0.39 is 31.5 Å². The summed E-state index contributed by atoms with van der Waals surface area (Å²) in [7, 11) is -7.32. The van der Waals surface area contributed by atoms with E-state index in [1.807, 2.05) is 30.3 Å². The second-order valence-electron chi connectivity index (χ2n) is 6.75. The van der Waals surface area contributed by atoms with Gasteiger partial charge in [0.2, 0.25) is 0 Å². The molecule has 0 radical (unpaired) electrons. The molecular weight excluding hydrogens is 413 g/mol. The number of hydrogen-bond donors (Lipinski definition) is 1. The van der Waals surface area contributed by atoms with Crippen LogP contribution >= 0.6 is 0 Å². The van der Waals surface area contributed by atoms with E-state index in [-0.39, 0.29) is 15.5 Å². The number of anilines is 1. The summed E-state index contributed by atoms with van der Waals surface area (Å²) in [5.41, 5.74) is 1.63. The lowest BCUT2D eigenvalue weighted by molar-refractivity contribution is 0.600. The third-order valence-corrected chi connectivity index (χ3v) is 6.64. The van der Waals surface area contributed by atoms with Crippen molar-refractivity contribution in [2.24, 2.45) is 0 Å². The highest BCUT2D eigenvalue weighted by atomic mass is 32.2. The van der Waals surface area contributed by atoms with E-state index in [1.165, 1.54) is 24.3 Å². The summed E-state index contributed by atoms with van der Waals surface area (Å²) in [5.74, 6) is -0.416. The van der Waals surface area contributed by atoms with Crippen LogP contribution in [0.25, 0.3) is 0 Å². The fourth-order valence-corrected chi connectivity index (χ4v) is 4.59. The minimum Gasteiger partial charge on any atom is -0.373 e. The minimum absolute atomic E-state index is 0.0921. The van der Waals surface area contributed by atoms with Crippen molar-refractivity contribution >= 4 is 25.4 Å². The zero-order valence-electron chi connectivity index (χ0n) is 15.8. The van der Waals surface area contributed by atoms with E-state index in [4.69, 9.17) is 0 Å². The van der Waals surface area contributed by atoms with Gasteiger partial charge in [-0.2, -0.15) is 0 Å². The van der Waals surface area contributed by atoms with Crippen molar-refractivity contribution in [3.63, 3.8) is 0 Å². The van der Waals surface area contributed by atoms with Crippen molar-refractivity contribution in [2.75, 3.05) is 17.8 Å². The van der Waals surface area contributed by atoms with Crippen LogP contribution in [0.1, 0.15) is 17.2 Å². The highest BCUT2D eigenvalue weighted by Crippen LogP contribution is 2.32. The van der Waals surface area contributed by atoms with Crippen LogP contribution in [0.3, 0.4) is 0 Å². The summed E-state index contributed by atoms with van der Waals surface area (Å²) in [5, 5.41) is 3.15. The fourth-order valence-electron chi connectivity index (χ4n) is 3.01. The lowest BCUT2D eigenvalue weighted by atomic mass is 9.98. The fraction of sp³-hybridized carbons (Fsp3) is 0.143. The first-order valence-electron chi connectivity index (χ1n) is 8.67. The maximum atomic E-state index is 13.8. The van der Waals surface area contributed by atoms with Crippen LogP contribution in [0, 0.1) is 5.82 Å². The largest absolute Gasteiger partial charge is 0.373 e. The number of halogens is 1. The van der Waals surface area contributed by atoms with Crippen molar-refractivity contribution in [3.8, 4) is 0 Å². The number of hydrogen-bond acceptors (Lipinski definition) is 5. The molecule has 0 aliphatic heterocycles. The molecule has 0 aliphatic carbocycles. The summed E-state index contributed by atoms with van der Waals surface area (Å²) in [6, 6.07) is 18.5. The Labute approximate surface area is 170 Å². The molecule has 1 unspecified atom stereocenters. The molecular formula is C21H20FNO4S2. The molecule has 3 aromatic rings. The third-order valence-electron chi connectivity index (χ3n) is 4.40. The molecule has 29 heavy (non-hydrogen) atoms. The molecule has 0 fully saturated rings. The molecule has 0 spiro atoms. The monoisotopic (exact) mass is 433 g/mol.